The van der Waals surface area contributed by atoms with E-state index in [2.05, 4.69) is 17.2 Å². The molecule has 2 atom stereocenters. The fraction of sp³-hybridized carbons (Fsp3) is 0.400. The molecular formula is C15H18N2O2. The highest BCUT2D eigenvalue weighted by Crippen LogP contribution is 2.27. The molecule has 2 unspecified atom stereocenters. The molecule has 2 aromatic rings. The Balaban J connectivity index is 1.89. The number of nitrogens with one attached hydrogen (secondary N) is 1. The SMILES string of the molecule is CC1CC(Nc2nccc3ccc(O)cc23)CCO1. The van der Waals surface area contributed by atoms with Gasteiger partial charge in [0, 0.05) is 24.2 Å². The minimum absolute atomic E-state index is 0.267. The van der Waals surface area contributed by atoms with Crippen LogP contribution in [0.25, 0.3) is 10.8 Å². The third-order valence-electron chi connectivity index (χ3n) is 3.58. The maximum Gasteiger partial charge on any atom is 0.134 e. The van der Waals surface area contributed by atoms with Crippen LogP contribution in [0.4, 0.5) is 5.82 Å². The molecule has 1 aliphatic rings. The van der Waals surface area contributed by atoms with Crippen molar-refractivity contribution in [2.75, 3.05) is 11.9 Å². The van der Waals surface area contributed by atoms with Crippen LogP contribution in [0.3, 0.4) is 0 Å². The summed E-state index contributed by atoms with van der Waals surface area (Å²) in [5.41, 5.74) is 0. The highest BCUT2D eigenvalue weighted by molar-refractivity contribution is 5.92. The number of hydrogen-bond acceptors (Lipinski definition) is 4. The van der Waals surface area contributed by atoms with Crippen LogP contribution >= 0.6 is 0 Å². The number of nitrogens with zero attached hydrogens (tertiary/aromatic N) is 1. The maximum atomic E-state index is 9.63. The molecule has 1 aliphatic heterocycles. The summed E-state index contributed by atoms with van der Waals surface area (Å²) in [7, 11) is 0. The molecule has 4 heteroatoms. The predicted octanol–water partition coefficient (Wildman–Crippen LogP) is 2.92. The van der Waals surface area contributed by atoms with Crippen LogP contribution in [0.15, 0.2) is 30.5 Å². The largest absolute Gasteiger partial charge is 0.508 e. The molecule has 0 amide bonds. The molecule has 1 aromatic heterocycles. The van der Waals surface area contributed by atoms with E-state index in [0.29, 0.717) is 6.04 Å². The predicted molar refractivity (Wildman–Crippen MR) is 75.5 cm³/mol. The Morgan fingerprint density at radius 1 is 1.37 bits per heavy atom. The first-order valence-corrected chi connectivity index (χ1v) is 6.68. The lowest BCUT2D eigenvalue weighted by molar-refractivity contribution is 0.0232. The number of ether oxygens (including phenoxy) is 1. The van der Waals surface area contributed by atoms with Gasteiger partial charge in [-0.1, -0.05) is 6.07 Å². The Kier molecular flexibility index (Phi) is 3.25. The molecule has 1 saturated heterocycles. The third kappa shape index (κ3) is 2.63. The molecule has 1 aromatic carbocycles. The Morgan fingerprint density at radius 2 is 2.26 bits per heavy atom. The van der Waals surface area contributed by atoms with Crippen molar-refractivity contribution in [2.24, 2.45) is 0 Å². The number of pyridine rings is 1. The lowest BCUT2D eigenvalue weighted by Gasteiger charge is -2.28. The second-order valence-electron chi connectivity index (χ2n) is 5.11. The van der Waals surface area contributed by atoms with E-state index >= 15 is 0 Å². The van der Waals surface area contributed by atoms with Crippen molar-refractivity contribution < 1.29 is 9.84 Å². The van der Waals surface area contributed by atoms with Gasteiger partial charge < -0.3 is 15.2 Å². The van der Waals surface area contributed by atoms with Crippen molar-refractivity contribution in [1.82, 2.24) is 4.98 Å². The Labute approximate surface area is 112 Å². The first-order valence-electron chi connectivity index (χ1n) is 6.68. The molecule has 4 nitrogen and oxygen atoms in total. The van der Waals surface area contributed by atoms with E-state index in [-0.39, 0.29) is 11.9 Å². The van der Waals surface area contributed by atoms with Crippen LogP contribution in [0, 0.1) is 0 Å². The molecular weight excluding hydrogens is 240 g/mol. The molecule has 3 rings (SSSR count). The van der Waals surface area contributed by atoms with Crippen LogP contribution in [0.5, 0.6) is 5.75 Å². The van der Waals surface area contributed by atoms with Crippen molar-refractivity contribution in [2.45, 2.75) is 31.9 Å². The molecule has 19 heavy (non-hydrogen) atoms. The summed E-state index contributed by atoms with van der Waals surface area (Å²) in [5.74, 6) is 1.11. The highest BCUT2D eigenvalue weighted by atomic mass is 16.5. The Hall–Kier alpha value is -1.81. The van der Waals surface area contributed by atoms with Crippen LogP contribution < -0.4 is 5.32 Å². The number of phenols is 1. The van der Waals surface area contributed by atoms with Crippen molar-refractivity contribution in [3.05, 3.63) is 30.5 Å². The number of hydrogen-bond donors (Lipinski definition) is 2. The summed E-state index contributed by atoms with van der Waals surface area (Å²) in [6.07, 6.45) is 4.05. The van der Waals surface area contributed by atoms with Crippen LogP contribution in [0.2, 0.25) is 0 Å². The van der Waals surface area contributed by atoms with E-state index in [1.807, 2.05) is 12.1 Å². The molecule has 0 spiro atoms. The van der Waals surface area contributed by atoms with Gasteiger partial charge >= 0.3 is 0 Å². The normalized spacial score (nSPS) is 23.4. The summed E-state index contributed by atoms with van der Waals surface area (Å²) in [6.45, 7) is 2.88. The molecule has 0 aliphatic carbocycles. The van der Waals surface area contributed by atoms with Gasteiger partial charge in [0.2, 0.25) is 0 Å². The fourth-order valence-corrected chi connectivity index (χ4v) is 2.59. The number of rotatable bonds is 2. The van der Waals surface area contributed by atoms with E-state index < -0.39 is 0 Å². The Bertz CT molecular complexity index is 585. The zero-order valence-electron chi connectivity index (χ0n) is 11.0. The van der Waals surface area contributed by atoms with E-state index in [9.17, 15) is 5.11 Å². The van der Waals surface area contributed by atoms with Gasteiger partial charge in [-0.05, 0) is 43.4 Å². The lowest BCUT2D eigenvalue weighted by atomic mass is 10.0. The van der Waals surface area contributed by atoms with Crippen molar-refractivity contribution in [3.63, 3.8) is 0 Å². The van der Waals surface area contributed by atoms with E-state index in [1.54, 1.807) is 18.3 Å². The van der Waals surface area contributed by atoms with Gasteiger partial charge in [0.15, 0.2) is 0 Å². The lowest BCUT2D eigenvalue weighted by Crippen LogP contribution is -2.32. The quantitative estimate of drug-likeness (QED) is 0.869. The van der Waals surface area contributed by atoms with Crippen LogP contribution in [0.1, 0.15) is 19.8 Å². The fourth-order valence-electron chi connectivity index (χ4n) is 2.59. The highest BCUT2D eigenvalue weighted by Gasteiger charge is 2.20. The summed E-state index contributed by atoms with van der Waals surface area (Å²) < 4.78 is 5.55. The zero-order chi connectivity index (χ0) is 13.2. The molecule has 1 fully saturated rings. The summed E-state index contributed by atoms with van der Waals surface area (Å²) >= 11 is 0. The van der Waals surface area contributed by atoms with Gasteiger partial charge in [-0.15, -0.1) is 0 Å². The van der Waals surface area contributed by atoms with Crippen molar-refractivity contribution in [3.8, 4) is 5.75 Å². The van der Waals surface area contributed by atoms with Gasteiger partial charge in [-0.25, -0.2) is 4.98 Å². The monoisotopic (exact) mass is 258 g/mol. The molecule has 2 heterocycles. The summed E-state index contributed by atoms with van der Waals surface area (Å²) in [5, 5.41) is 15.1. The molecule has 100 valence electrons. The van der Waals surface area contributed by atoms with Gasteiger partial charge in [-0.2, -0.15) is 0 Å². The van der Waals surface area contributed by atoms with Gasteiger partial charge in [-0.3, -0.25) is 0 Å². The number of phenolic OH excluding ortho intramolecular Hbond substituents is 1. The van der Waals surface area contributed by atoms with E-state index in [4.69, 9.17) is 4.74 Å². The summed E-state index contributed by atoms with van der Waals surface area (Å²) in [6, 6.07) is 7.69. The molecule has 0 saturated carbocycles. The van der Waals surface area contributed by atoms with Crippen LogP contribution in [-0.4, -0.2) is 28.8 Å². The minimum atomic E-state index is 0.267. The van der Waals surface area contributed by atoms with Crippen molar-refractivity contribution >= 4 is 16.6 Å². The zero-order valence-corrected chi connectivity index (χ0v) is 11.0. The minimum Gasteiger partial charge on any atom is -0.508 e. The number of aromatic nitrogens is 1. The summed E-state index contributed by atoms with van der Waals surface area (Å²) in [4.78, 5) is 4.40. The average molecular weight is 258 g/mol. The topological polar surface area (TPSA) is 54.4 Å². The van der Waals surface area contributed by atoms with Crippen LogP contribution in [-0.2, 0) is 4.74 Å². The van der Waals surface area contributed by atoms with Gasteiger partial charge in [0.05, 0.1) is 6.10 Å². The first kappa shape index (κ1) is 12.2. The number of aromatic hydroxyl groups is 1. The average Bonchev–Trinajstić information content (AvgIpc) is 2.39. The number of anilines is 1. The second-order valence-corrected chi connectivity index (χ2v) is 5.11. The molecule has 0 bridgehead atoms. The number of fused-ring (bicyclic) bond motifs is 1. The van der Waals surface area contributed by atoms with E-state index in [0.717, 1.165) is 36.0 Å². The van der Waals surface area contributed by atoms with Gasteiger partial charge in [0.1, 0.15) is 11.6 Å². The smallest absolute Gasteiger partial charge is 0.134 e. The van der Waals surface area contributed by atoms with Gasteiger partial charge in [0.25, 0.3) is 0 Å². The van der Waals surface area contributed by atoms with E-state index in [1.165, 1.54) is 0 Å². The molecule has 2 N–H and O–H groups in total. The molecule has 0 radical (unpaired) electrons. The third-order valence-corrected chi connectivity index (χ3v) is 3.58. The second kappa shape index (κ2) is 5.05. The van der Waals surface area contributed by atoms with Crippen molar-refractivity contribution in [1.29, 1.82) is 0 Å². The maximum absolute atomic E-state index is 9.63. The standard InChI is InChI=1S/C15H18N2O2/c1-10-8-12(5-7-19-10)17-15-14-9-13(18)3-2-11(14)4-6-16-15/h2-4,6,9-10,12,18H,5,7-8H2,1H3,(H,16,17). The Morgan fingerprint density at radius 3 is 3.11 bits per heavy atom. The first-order chi connectivity index (χ1) is 9.22. The number of benzene rings is 1.